The minimum Gasteiger partial charge on any atom is -0.248 e. The highest BCUT2D eigenvalue weighted by Gasteiger charge is 2.06. The van der Waals surface area contributed by atoms with Gasteiger partial charge in [0.1, 0.15) is 11.4 Å². The summed E-state index contributed by atoms with van der Waals surface area (Å²) >= 11 is 0. The van der Waals surface area contributed by atoms with Crippen LogP contribution in [-0.2, 0) is 0 Å². The van der Waals surface area contributed by atoms with E-state index in [1.807, 2.05) is 48.5 Å². The number of pyridine rings is 2. The van der Waals surface area contributed by atoms with Gasteiger partial charge in [-0.2, -0.15) is 0 Å². The highest BCUT2D eigenvalue weighted by molar-refractivity contribution is 5.62. The molecule has 0 aliphatic rings. The number of benzene rings is 1. The van der Waals surface area contributed by atoms with Crippen LogP contribution in [0.15, 0.2) is 60.9 Å². The van der Waals surface area contributed by atoms with E-state index in [1.54, 1.807) is 12.4 Å². The predicted molar refractivity (Wildman–Crippen MR) is 140 cm³/mol. The van der Waals surface area contributed by atoms with Crippen LogP contribution in [0.5, 0.6) is 0 Å². The molecule has 0 aliphatic carbocycles. The minimum atomic E-state index is 0.713. The maximum Gasteiger partial charge on any atom is 0.113 e. The van der Waals surface area contributed by atoms with Crippen molar-refractivity contribution >= 4 is 0 Å². The Labute approximate surface area is 204 Å². The Balaban J connectivity index is 2.10. The molecule has 0 atom stereocenters. The van der Waals surface area contributed by atoms with Crippen LogP contribution in [0.25, 0.3) is 0 Å². The second kappa shape index (κ2) is 14.0. The summed E-state index contributed by atoms with van der Waals surface area (Å²) in [4.78, 5) is 8.63. The van der Waals surface area contributed by atoms with Gasteiger partial charge in [-0.1, -0.05) is 74.3 Å². The summed E-state index contributed by atoms with van der Waals surface area (Å²) in [5, 5.41) is 0. The van der Waals surface area contributed by atoms with Crippen molar-refractivity contribution in [2.75, 3.05) is 0 Å². The van der Waals surface area contributed by atoms with Crippen molar-refractivity contribution in [2.24, 2.45) is 0 Å². The lowest BCUT2D eigenvalue weighted by atomic mass is 9.98. The zero-order valence-corrected chi connectivity index (χ0v) is 19.9. The fraction of sp³-hybridized carbons (Fsp3) is 0.250. The molecule has 2 heteroatoms. The van der Waals surface area contributed by atoms with E-state index in [1.165, 1.54) is 0 Å². The van der Waals surface area contributed by atoms with Crippen molar-refractivity contribution in [1.29, 1.82) is 0 Å². The molecular formula is C32H28N2. The number of rotatable bonds is 4. The van der Waals surface area contributed by atoms with Gasteiger partial charge < -0.3 is 0 Å². The minimum absolute atomic E-state index is 0.713. The van der Waals surface area contributed by atoms with E-state index in [2.05, 4.69) is 71.2 Å². The van der Waals surface area contributed by atoms with Crippen molar-refractivity contribution in [3.05, 3.63) is 94.6 Å². The summed E-state index contributed by atoms with van der Waals surface area (Å²) in [5.74, 6) is 26.1. The molecule has 2 nitrogen and oxygen atoms in total. The topological polar surface area (TPSA) is 25.8 Å². The van der Waals surface area contributed by atoms with Gasteiger partial charge in [0.25, 0.3) is 0 Å². The van der Waals surface area contributed by atoms with Crippen molar-refractivity contribution in [1.82, 2.24) is 9.97 Å². The quantitative estimate of drug-likeness (QED) is 0.348. The second-order valence-electron chi connectivity index (χ2n) is 7.68. The standard InChI is InChI=1S/C32H28N2/c1-3-5-7-9-15-27-25-29(19-21-31-17-11-13-23-33-31)30(20-22-32-18-12-14-24-34-32)26-28(27)16-10-8-6-4-2/h11-14,17-18,23-26H,3-8H2,1-2H3. The molecule has 0 saturated carbocycles. The Bertz CT molecular complexity index is 1220. The zero-order chi connectivity index (χ0) is 23.8. The van der Waals surface area contributed by atoms with Crippen molar-refractivity contribution < 1.29 is 0 Å². The Morgan fingerprint density at radius 3 is 1.38 bits per heavy atom. The van der Waals surface area contributed by atoms with Gasteiger partial charge >= 0.3 is 0 Å². The first-order valence-corrected chi connectivity index (χ1v) is 11.8. The molecule has 0 amide bonds. The molecule has 3 aromatic rings. The summed E-state index contributed by atoms with van der Waals surface area (Å²) in [5.41, 5.74) is 4.85. The zero-order valence-electron chi connectivity index (χ0n) is 19.9. The Kier molecular flexibility index (Phi) is 10.1. The van der Waals surface area contributed by atoms with Crippen molar-refractivity contribution in [3.63, 3.8) is 0 Å². The number of unbranched alkanes of at least 4 members (excludes halogenated alkanes) is 4. The van der Waals surface area contributed by atoms with Crippen LogP contribution < -0.4 is 0 Å². The van der Waals surface area contributed by atoms with Crippen molar-refractivity contribution in [2.45, 2.75) is 52.4 Å². The smallest absolute Gasteiger partial charge is 0.113 e. The third-order valence-electron chi connectivity index (χ3n) is 4.89. The Hall–Kier alpha value is -4.24. The van der Waals surface area contributed by atoms with E-state index in [4.69, 9.17) is 0 Å². The Morgan fingerprint density at radius 1 is 0.559 bits per heavy atom. The fourth-order valence-corrected chi connectivity index (χ4v) is 3.00. The van der Waals surface area contributed by atoms with Gasteiger partial charge in [0.05, 0.1) is 0 Å². The predicted octanol–water partition coefficient (Wildman–Crippen LogP) is 6.36. The number of aromatic nitrogens is 2. The molecule has 0 radical (unpaired) electrons. The molecule has 1 aromatic carbocycles. The molecule has 2 heterocycles. The first kappa shape index (κ1) is 24.4. The SMILES string of the molecule is CCCCC#Cc1cc(C#Cc2ccccn2)c(C#Cc2ccccn2)cc1C#CCCCC. The van der Waals surface area contributed by atoms with Gasteiger partial charge in [-0.15, -0.1) is 0 Å². The summed E-state index contributed by atoms with van der Waals surface area (Å²) in [6.07, 6.45) is 9.65. The molecule has 0 bridgehead atoms. The maximum atomic E-state index is 4.32. The molecule has 0 fully saturated rings. The molecule has 0 saturated heterocycles. The number of nitrogens with zero attached hydrogens (tertiary/aromatic N) is 2. The van der Waals surface area contributed by atoms with E-state index >= 15 is 0 Å². The molecular weight excluding hydrogens is 412 g/mol. The van der Waals surface area contributed by atoms with E-state index in [0.717, 1.165) is 60.8 Å². The highest BCUT2D eigenvalue weighted by atomic mass is 14.6. The number of hydrogen-bond acceptors (Lipinski definition) is 2. The average Bonchev–Trinajstić information content (AvgIpc) is 2.88. The van der Waals surface area contributed by atoms with Crippen LogP contribution in [0.4, 0.5) is 0 Å². The molecule has 166 valence electrons. The van der Waals surface area contributed by atoms with E-state index < -0.39 is 0 Å². The van der Waals surface area contributed by atoms with Crippen molar-refractivity contribution in [3.8, 4) is 47.4 Å². The molecule has 0 N–H and O–H groups in total. The van der Waals surface area contributed by atoms with Crippen LogP contribution in [0.1, 0.15) is 86.0 Å². The summed E-state index contributed by atoms with van der Waals surface area (Å²) in [7, 11) is 0. The van der Waals surface area contributed by atoms with Gasteiger partial charge in [0, 0.05) is 47.5 Å². The lowest BCUT2D eigenvalue weighted by Gasteiger charge is -2.03. The van der Waals surface area contributed by atoms with E-state index in [0.29, 0.717) is 11.4 Å². The van der Waals surface area contributed by atoms with Gasteiger partial charge in [-0.3, -0.25) is 0 Å². The van der Waals surface area contributed by atoms with Crippen LogP contribution in [-0.4, -0.2) is 9.97 Å². The summed E-state index contributed by atoms with van der Waals surface area (Å²) < 4.78 is 0. The highest BCUT2D eigenvalue weighted by Crippen LogP contribution is 2.16. The van der Waals surface area contributed by atoms with E-state index in [9.17, 15) is 0 Å². The van der Waals surface area contributed by atoms with Crippen LogP contribution in [0.3, 0.4) is 0 Å². The second-order valence-corrected chi connectivity index (χ2v) is 7.68. The van der Waals surface area contributed by atoms with Crippen LogP contribution in [0, 0.1) is 47.4 Å². The largest absolute Gasteiger partial charge is 0.248 e. The van der Waals surface area contributed by atoms with Gasteiger partial charge in [0.15, 0.2) is 0 Å². The van der Waals surface area contributed by atoms with Gasteiger partial charge in [-0.05, 0) is 61.1 Å². The molecule has 2 aromatic heterocycles. The lowest BCUT2D eigenvalue weighted by Crippen LogP contribution is -1.93. The monoisotopic (exact) mass is 440 g/mol. The lowest BCUT2D eigenvalue weighted by molar-refractivity contribution is 0.828. The molecule has 0 aliphatic heterocycles. The first-order valence-electron chi connectivity index (χ1n) is 11.8. The average molecular weight is 441 g/mol. The fourth-order valence-electron chi connectivity index (χ4n) is 3.00. The summed E-state index contributed by atoms with van der Waals surface area (Å²) in [6.45, 7) is 4.35. The molecule has 3 rings (SSSR count). The first-order chi connectivity index (χ1) is 16.8. The molecule has 0 spiro atoms. The molecule has 0 unspecified atom stereocenters. The van der Waals surface area contributed by atoms with Gasteiger partial charge in [-0.25, -0.2) is 9.97 Å². The van der Waals surface area contributed by atoms with Crippen LogP contribution in [0.2, 0.25) is 0 Å². The Morgan fingerprint density at radius 2 is 1.00 bits per heavy atom. The van der Waals surface area contributed by atoms with E-state index in [-0.39, 0.29) is 0 Å². The molecule has 34 heavy (non-hydrogen) atoms. The normalized spacial score (nSPS) is 9.24. The third-order valence-corrected chi connectivity index (χ3v) is 4.89. The third kappa shape index (κ3) is 8.03. The summed E-state index contributed by atoms with van der Waals surface area (Å²) in [6, 6.07) is 15.4. The van der Waals surface area contributed by atoms with Crippen LogP contribution >= 0.6 is 0 Å². The maximum absolute atomic E-state index is 4.32. The van der Waals surface area contributed by atoms with Gasteiger partial charge in [0.2, 0.25) is 0 Å². The number of hydrogen-bond donors (Lipinski definition) is 0.